The van der Waals surface area contributed by atoms with Crippen molar-refractivity contribution in [3.8, 4) is 0 Å². The van der Waals surface area contributed by atoms with E-state index >= 15 is 0 Å². The summed E-state index contributed by atoms with van der Waals surface area (Å²) in [6, 6.07) is 2.78. The molecule has 0 spiro atoms. The molecule has 1 heterocycles. The molecule has 0 saturated heterocycles. The van der Waals surface area contributed by atoms with Crippen molar-refractivity contribution in [2.45, 2.75) is 19.9 Å². The van der Waals surface area contributed by atoms with Crippen LogP contribution in [0.5, 0.6) is 0 Å². The van der Waals surface area contributed by atoms with Crippen LogP contribution in [0.15, 0.2) is 12.1 Å². The second kappa shape index (κ2) is 4.39. The summed E-state index contributed by atoms with van der Waals surface area (Å²) in [7, 11) is 0. The van der Waals surface area contributed by atoms with Gasteiger partial charge < -0.3 is 11.1 Å². The summed E-state index contributed by atoms with van der Waals surface area (Å²) < 4.78 is 0. The fraction of sp³-hybridized carbons (Fsp3) is 0.333. The van der Waals surface area contributed by atoms with E-state index in [1.807, 2.05) is 0 Å². The summed E-state index contributed by atoms with van der Waals surface area (Å²) in [5.41, 5.74) is 6.71. The molecule has 0 aromatic carbocycles. The van der Waals surface area contributed by atoms with Crippen molar-refractivity contribution in [3.05, 3.63) is 23.0 Å². The highest BCUT2D eigenvalue weighted by molar-refractivity contribution is 6.29. The van der Waals surface area contributed by atoms with E-state index in [1.165, 1.54) is 0 Å². The van der Waals surface area contributed by atoms with Crippen molar-refractivity contribution in [1.82, 2.24) is 4.98 Å². The molecule has 4 nitrogen and oxygen atoms in total. The number of carbonyl (C=O) groups excluding carboxylic acids is 1. The van der Waals surface area contributed by atoms with Crippen molar-refractivity contribution in [2.75, 3.05) is 5.32 Å². The zero-order valence-corrected chi connectivity index (χ0v) is 8.80. The Kier molecular flexibility index (Phi) is 3.43. The first-order chi connectivity index (χ1) is 6.50. The summed E-state index contributed by atoms with van der Waals surface area (Å²) >= 11 is 5.67. The predicted molar refractivity (Wildman–Crippen MR) is 56.3 cm³/mol. The number of nitrogens with zero attached hydrogens (tertiary/aromatic N) is 1. The molecule has 0 saturated carbocycles. The molecule has 1 atom stereocenters. The predicted octanol–water partition coefficient (Wildman–Crippen LogP) is 1.33. The van der Waals surface area contributed by atoms with E-state index < -0.39 is 6.04 Å². The van der Waals surface area contributed by atoms with Gasteiger partial charge in [0.15, 0.2) is 0 Å². The molecule has 0 unspecified atom stereocenters. The average molecular weight is 214 g/mol. The van der Waals surface area contributed by atoms with Gasteiger partial charge in [-0.2, -0.15) is 0 Å². The second-order valence-electron chi connectivity index (χ2n) is 3.04. The molecular weight excluding hydrogens is 202 g/mol. The largest absolute Gasteiger partial charge is 0.323 e. The van der Waals surface area contributed by atoms with Crippen molar-refractivity contribution in [3.63, 3.8) is 0 Å². The maximum absolute atomic E-state index is 11.3. The van der Waals surface area contributed by atoms with Crippen LogP contribution in [0.2, 0.25) is 5.15 Å². The lowest BCUT2D eigenvalue weighted by Crippen LogP contribution is -2.32. The fourth-order valence-corrected chi connectivity index (χ4v) is 1.10. The molecule has 5 heteroatoms. The van der Waals surface area contributed by atoms with Crippen LogP contribution >= 0.6 is 11.6 Å². The Bertz CT molecular complexity index is 352. The monoisotopic (exact) mass is 213 g/mol. The molecule has 1 rings (SSSR count). The number of nitrogens with two attached hydrogens (primary N) is 1. The zero-order valence-electron chi connectivity index (χ0n) is 8.04. The molecule has 0 aliphatic carbocycles. The van der Waals surface area contributed by atoms with E-state index in [9.17, 15) is 4.79 Å². The summed E-state index contributed by atoms with van der Waals surface area (Å²) in [5.74, 6) is -0.239. The Morgan fingerprint density at radius 2 is 2.29 bits per heavy atom. The van der Waals surface area contributed by atoms with Gasteiger partial charge in [-0.05, 0) is 26.0 Å². The molecule has 0 aliphatic rings. The van der Waals surface area contributed by atoms with Crippen molar-refractivity contribution >= 4 is 23.2 Å². The van der Waals surface area contributed by atoms with Gasteiger partial charge in [-0.3, -0.25) is 4.79 Å². The number of rotatable bonds is 2. The highest BCUT2D eigenvalue weighted by atomic mass is 35.5. The van der Waals surface area contributed by atoms with Crippen LogP contribution in [0.4, 0.5) is 5.69 Å². The van der Waals surface area contributed by atoms with Gasteiger partial charge in [0, 0.05) is 0 Å². The van der Waals surface area contributed by atoms with Crippen molar-refractivity contribution in [1.29, 1.82) is 0 Å². The van der Waals surface area contributed by atoms with Gasteiger partial charge in [-0.25, -0.2) is 4.98 Å². The van der Waals surface area contributed by atoms with E-state index in [2.05, 4.69) is 10.3 Å². The molecular formula is C9H12ClN3O. The van der Waals surface area contributed by atoms with Gasteiger partial charge >= 0.3 is 0 Å². The Balaban J connectivity index is 2.82. The third kappa shape index (κ3) is 2.68. The number of hydrogen-bond donors (Lipinski definition) is 2. The first-order valence-corrected chi connectivity index (χ1v) is 4.58. The first-order valence-electron chi connectivity index (χ1n) is 4.20. The molecule has 0 radical (unpaired) electrons. The third-order valence-corrected chi connectivity index (χ3v) is 1.93. The molecule has 76 valence electrons. The quantitative estimate of drug-likeness (QED) is 0.729. The number of halogens is 1. The first kappa shape index (κ1) is 10.9. The van der Waals surface area contributed by atoms with Crippen LogP contribution in [0, 0.1) is 6.92 Å². The molecule has 14 heavy (non-hydrogen) atoms. The Morgan fingerprint density at radius 1 is 1.64 bits per heavy atom. The van der Waals surface area contributed by atoms with Gasteiger partial charge in [0.1, 0.15) is 5.15 Å². The smallest absolute Gasteiger partial charge is 0.241 e. The van der Waals surface area contributed by atoms with Crippen LogP contribution in [0.1, 0.15) is 12.6 Å². The van der Waals surface area contributed by atoms with Gasteiger partial charge in [-0.15, -0.1) is 0 Å². The normalized spacial score (nSPS) is 12.3. The third-order valence-electron chi connectivity index (χ3n) is 1.72. The van der Waals surface area contributed by atoms with E-state index in [1.54, 1.807) is 26.0 Å². The summed E-state index contributed by atoms with van der Waals surface area (Å²) in [6.07, 6.45) is 0. The van der Waals surface area contributed by atoms with E-state index in [0.717, 1.165) is 0 Å². The van der Waals surface area contributed by atoms with E-state index in [-0.39, 0.29) is 5.91 Å². The zero-order chi connectivity index (χ0) is 10.7. The fourth-order valence-electron chi connectivity index (χ4n) is 0.909. The molecule has 1 amide bonds. The number of nitrogens with one attached hydrogen (secondary N) is 1. The van der Waals surface area contributed by atoms with Crippen LogP contribution in [0.25, 0.3) is 0 Å². The number of pyridine rings is 1. The van der Waals surface area contributed by atoms with Crippen LogP contribution < -0.4 is 11.1 Å². The highest BCUT2D eigenvalue weighted by Crippen LogP contribution is 2.15. The Morgan fingerprint density at radius 3 is 2.79 bits per heavy atom. The lowest BCUT2D eigenvalue weighted by molar-refractivity contribution is -0.117. The average Bonchev–Trinajstić information content (AvgIpc) is 2.09. The molecule has 0 aliphatic heterocycles. The molecule has 1 aromatic rings. The molecule has 3 N–H and O–H groups in total. The minimum absolute atomic E-state index is 0.239. The Labute approximate surface area is 87.5 Å². The SMILES string of the molecule is Cc1nc(Cl)ccc1NC(=O)[C@@H](C)N. The lowest BCUT2D eigenvalue weighted by Gasteiger charge is -2.09. The standard InChI is InChI=1S/C9H12ClN3O/c1-5(11)9(14)13-7-3-4-8(10)12-6(7)2/h3-5H,11H2,1-2H3,(H,13,14)/t5-/m1/s1. The summed E-state index contributed by atoms with van der Waals surface area (Å²) in [4.78, 5) is 15.2. The van der Waals surface area contributed by atoms with Gasteiger partial charge in [0.25, 0.3) is 0 Å². The molecule has 1 aromatic heterocycles. The maximum Gasteiger partial charge on any atom is 0.241 e. The van der Waals surface area contributed by atoms with Gasteiger partial charge in [0.05, 0.1) is 17.4 Å². The second-order valence-corrected chi connectivity index (χ2v) is 3.43. The van der Waals surface area contributed by atoms with Crippen LogP contribution in [0.3, 0.4) is 0 Å². The maximum atomic E-state index is 11.3. The number of carbonyl (C=O) groups is 1. The highest BCUT2D eigenvalue weighted by Gasteiger charge is 2.09. The summed E-state index contributed by atoms with van der Waals surface area (Å²) in [5, 5.41) is 3.06. The van der Waals surface area contributed by atoms with Crippen molar-refractivity contribution < 1.29 is 4.79 Å². The van der Waals surface area contributed by atoms with Crippen molar-refractivity contribution in [2.24, 2.45) is 5.73 Å². The summed E-state index contributed by atoms with van der Waals surface area (Å²) in [6.45, 7) is 3.39. The van der Waals surface area contributed by atoms with Crippen LogP contribution in [-0.2, 0) is 4.79 Å². The van der Waals surface area contributed by atoms with Gasteiger partial charge in [-0.1, -0.05) is 11.6 Å². The number of hydrogen-bond acceptors (Lipinski definition) is 3. The molecule has 0 bridgehead atoms. The minimum atomic E-state index is -0.537. The van der Waals surface area contributed by atoms with Crippen LogP contribution in [-0.4, -0.2) is 16.9 Å². The van der Waals surface area contributed by atoms with E-state index in [0.29, 0.717) is 16.5 Å². The van der Waals surface area contributed by atoms with Gasteiger partial charge in [0.2, 0.25) is 5.91 Å². The molecule has 0 fully saturated rings. The number of anilines is 1. The number of aryl methyl sites for hydroxylation is 1. The van der Waals surface area contributed by atoms with E-state index in [4.69, 9.17) is 17.3 Å². The minimum Gasteiger partial charge on any atom is -0.323 e. The Hall–Kier alpha value is -1.13. The topological polar surface area (TPSA) is 68.0 Å². The number of amides is 1. The number of aromatic nitrogens is 1. The lowest BCUT2D eigenvalue weighted by atomic mass is 10.3.